The molecule has 0 N–H and O–H groups in total. The number of hydrogen-bond donors (Lipinski definition) is 0. The fourth-order valence-electron chi connectivity index (χ4n) is 1.47. The van der Waals surface area contributed by atoms with Crippen LogP contribution < -0.4 is 0 Å². The normalized spacial score (nSPS) is 11.8. The Bertz CT molecular complexity index is 484. The molecule has 0 spiro atoms. The van der Waals surface area contributed by atoms with E-state index in [0.29, 0.717) is 5.28 Å². The number of aromatic nitrogens is 4. The van der Waals surface area contributed by atoms with E-state index in [-0.39, 0.29) is 5.41 Å². The highest BCUT2D eigenvalue weighted by molar-refractivity contribution is 6.28. The van der Waals surface area contributed by atoms with Crippen LogP contribution in [0.15, 0.2) is 24.5 Å². The zero-order chi connectivity index (χ0) is 11.8. The van der Waals surface area contributed by atoms with Gasteiger partial charge in [-0.05, 0) is 23.7 Å². The molecule has 0 aromatic carbocycles. The molecule has 16 heavy (non-hydrogen) atoms. The first-order valence-electron chi connectivity index (χ1n) is 5.02. The molecule has 0 fully saturated rings. The lowest BCUT2D eigenvalue weighted by Gasteiger charge is -2.18. The van der Waals surface area contributed by atoms with Crippen molar-refractivity contribution in [2.45, 2.75) is 26.2 Å². The van der Waals surface area contributed by atoms with Crippen LogP contribution in [0.1, 0.15) is 26.6 Å². The van der Waals surface area contributed by atoms with Crippen LogP contribution in [0.25, 0.3) is 5.69 Å². The summed E-state index contributed by atoms with van der Waals surface area (Å²) in [4.78, 5) is 4.07. The second-order valence-corrected chi connectivity index (χ2v) is 4.93. The molecule has 0 atom stereocenters. The van der Waals surface area contributed by atoms with Gasteiger partial charge in [0.2, 0.25) is 5.28 Å². The summed E-state index contributed by atoms with van der Waals surface area (Å²) in [6.07, 6.45) is 3.46. The van der Waals surface area contributed by atoms with Crippen molar-refractivity contribution in [2.24, 2.45) is 0 Å². The van der Waals surface area contributed by atoms with Crippen LogP contribution in [0, 0.1) is 0 Å². The van der Waals surface area contributed by atoms with E-state index < -0.39 is 0 Å². The van der Waals surface area contributed by atoms with Crippen LogP contribution in [-0.2, 0) is 5.41 Å². The van der Waals surface area contributed by atoms with Gasteiger partial charge in [-0.15, -0.1) is 10.2 Å². The lowest BCUT2D eigenvalue weighted by molar-refractivity contribution is 0.533. The molecule has 0 amide bonds. The predicted octanol–water partition coefficient (Wildman–Crippen LogP) is 2.61. The summed E-state index contributed by atoms with van der Waals surface area (Å²) in [6, 6.07) is 3.79. The van der Waals surface area contributed by atoms with Gasteiger partial charge >= 0.3 is 0 Å². The molecule has 0 aliphatic carbocycles. The molecule has 0 saturated heterocycles. The standard InChI is InChI=1S/C11H13ClN4/c1-11(2,3)9-14-15-10(12)16(9)8-5-4-6-13-7-8/h4-7H,1-3H3. The summed E-state index contributed by atoms with van der Waals surface area (Å²) in [5.74, 6) is 0.825. The van der Waals surface area contributed by atoms with Crippen molar-refractivity contribution in [3.05, 3.63) is 35.6 Å². The van der Waals surface area contributed by atoms with Crippen molar-refractivity contribution in [1.29, 1.82) is 0 Å². The highest BCUT2D eigenvalue weighted by Crippen LogP contribution is 2.25. The molecule has 0 radical (unpaired) electrons. The van der Waals surface area contributed by atoms with Crippen LogP contribution in [0.5, 0.6) is 0 Å². The minimum atomic E-state index is -0.115. The third-order valence-electron chi connectivity index (χ3n) is 2.20. The average Bonchev–Trinajstić information content (AvgIpc) is 2.61. The highest BCUT2D eigenvalue weighted by atomic mass is 35.5. The Kier molecular flexibility index (Phi) is 2.68. The summed E-state index contributed by atoms with van der Waals surface area (Å²) in [5, 5.41) is 8.39. The quantitative estimate of drug-likeness (QED) is 0.765. The molecule has 2 heterocycles. The Morgan fingerprint density at radius 2 is 2.00 bits per heavy atom. The number of pyridine rings is 1. The van der Waals surface area contributed by atoms with Crippen LogP contribution in [0.4, 0.5) is 0 Å². The van der Waals surface area contributed by atoms with Crippen molar-refractivity contribution in [3.63, 3.8) is 0 Å². The van der Waals surface area contributed by atoms with Gasteiger partial charge in [0.15, 0.2) is 0 Å². The average molecular weight is 237 g/mol. The molecule has 0 unspecified atom stereocenters. The molecule has 2 aromatic rings. The Morgan fingerprint density at radius 1 is 1.25 bits per heavy atom. The van der Waals surface area contributed by atoms with E-state index in [4.69, 9.17) is 11.6 Å². The van der Waals surface area contributed by atoms with Crippen molar-refractivity contribution in [2.75, 3.05) is 0 Å². The SMILES string of the molecule is CC(C)(C)c1nnc(Cl)n1-c1cccnc1. The van der Waals surface area contributed by atoms with E-state index in [9.17, 15) is 0 Å². The lowest BCUT2D eigenvalue weighted by atomic mass is 9.95. The van der Waals surface area contributed by atoms with E-state index in [1.165, 1.54) is 0 Å². The van der Waals surface area contributed by atoms with E-state index in [0.717, 1.165) is 11.5 Å². The Morgan fingerprint density at radius 3 is 2.56 bits per heavy atom. The van der Waals surface area contributed by atoms with Crippen LogP contribution in [0.2, 0.25) is 5.28 Å². The molecule has 5 heteroatoms. The fourth-order valence-corrected chi connectivity index (χ4v) is 1.68. The Hall–Kier alpha value is -1.42. The molecule has 84 valence electrons. The Labute approximate surface area is 99.3 Å². The smallest absolute Gasteiger partial charge is 0.229 e. The molecule has 0 aliphatic heterocycles. The second kappa shape index (κ2) is 3.87. The molecule has 0 saturated carbocycles. The monoisotopic (exact) mass is 236 g/mol. The summed E-state index contributed by atoms with van der Waals surface area (Å²) >= 11 is 6.05. The van der Waals surface area contributed by atoms with Crippen molar-refractivity contribution >= 4 is 11.6 Å². The summed E-state index contributed by atoms with van der Waals surface area (Å²) in [5.41, 5.74) is 0.762. The molecule has 0 aliphatic rings. The maximum Gasteiger partial charge on any atom is 0.229 e. The largest absolute Gasteiger partial charge is 0.268 e. The van der Waals surface area contributed by atoms with E-state index in [1.807, 2.05) is 16.7 Å². The second-order valence-electron chi connectivity index (χ2n) is 4.59. The van der Waals surface area contributed by atoms with Crippen LogP contribution in [-0.4, -0.2) is 19.7 Å². The van der Waals surface area contributed by atoms with Crippen molar-refractivity contribution < 1.29 is 0 Å². The number of nitrogens with zero attached hydrogens (tertiary/aromatic N) is 4. The first-order chi connectivity index (χ1) is 7.50. The lowest BCUT2D eigenvalue weighted by Crippen LogP contribution is -2.18. The van der Waals surface area contributed by atoms with Gasteiger partial charge in [-0.1, -0.05) is 20.8 Å². The van der Waals surface area contributed by atoms with Gasteiger partial charge in [0.05, 0.1) is 11.9 Å². The number of halogens is 1. The summed E-state index contributed by atoms with van der Waals surface area (Å²) < 4.78 is 1.81. The maximum atomic E-state index is 6.05. The molecule has 4 nitrogen and oxygen atoms in total. The third kappa shape index (κ3) is 1.93. The topological polar surface area (TPSA) is 43.6 Å². The maximum absolute atomic E-state index is 6.05. The van der Waals surface area contributed by atoms with Gasteiger partial charge in [-0.3, -0.25) is 9.55 Å². The van der Waals surface area contributed by atoms with Gasteiger partial charge in [0.1, 0.15) is 5.82 Å². The summed E-state index contributed by atoms with van der Waals surface area (Å²) in [7, 11) is 0. The fraction of sp³-hybridized carbons (Fsp3) is 0.364. The molecular weight excluding hydrogens is 224 g/mol. The van der Waals surface area contributed by atoms with E-state index in [1.54, 1.807) is 12.4 Å². The molecule has 0 bridgehead atoms. The van der Waals surface area contributed by atoms with Crippen molar-refractivity contribution in [1.82, 2.24) is 19.7 Å². The van der Waals surface area contributed by atoms with Gasteiger partial charge in [-0.25, -0.2) is 0 Å². The predicted molar refractivity (Wildman–Crippen MR) is 62.9 cm³/mol. The third-order valence-corrected chi connectivity index (χ3v) is 2.44. The highest BCUT2D eigenvalue weighted by Gasteiger charge is 2.24. The number of rotatable bonds is 1. The van der Waals surface area contributed by atoms with Crippen molar-refractivity contribution in [3.8, 4) is 5.69 Å². The van der Waals surface area contributed by atoms with E-state index >= 15 is 0 Å². The van der Waals surface area contributed by atoms with E-state index in [2.05, 4.69) is 36.0 Å². The first kappa shape index (κ1) is 11.1. The van der Waals surface area contributed by atoms with Gasteiger partial charge in [-0.2, -0.15) is 0 Å². The molecular formula is C11H13ClN4. The first-order valence-corrected chi connectivity index (χ1v) is 5.40. The summed E-state index contributed by atoms with van der Waals surface area (Å²) in [6.45, 7) is 6.21. The minimum absolute atomic E-state index is 0.115. The van der Waals surface area contributed by atoms with Crippen LogP contribution >= 0.6 is 11.6 Å². The molecule has 2 aromatic heterocycles. The number of hydrogen-bond acceptors (Lipinski definition) is 3. The molecule has 2 rings (SSSR count). The Balaban J connectivity index is 2.61. The minimum Gasteiger partial charge on any atom is -0.268 e. The van der Waals surface area contributed by atoms with Gasteiger partial charge in [0.25, 0.3) is 0 Å². The van der Waals surface area contributed by atoms with Gasteiger partial charge < -0.3 is 0 Å². The zero-order valence-corrected chi connectivity index (χ0v) is 10.2. The van der Waals surface area contributed by atoms with Crippen LogP contribution in [0.3, 0.4) is 0 Å². The van der Waals surface area contributed by atoms with Gasteiger partial charge in [0, 0.05) is 11.6 Å². The zero-order valence-electron chi connectivity index (χ0n) is 9.48.